The molecule has 6 amide bonds. The minimum absolute atomic E-state index is 0.00274. The zero-order chi connectivity index (χ0) is 38.6. The molecule has 0 spiro atoms. The second-order valence-corrected chi connectivity index (χ2v) is 15.6. The molecule has 1 fully saturated rings. The van der Waals surface area contributed by atoms with Crippen LogP contribution < -0.4 is 31.9 Å². The van der Waals surface area contributed by atoms with E-state index in [0.717, 1.165) is 0 Å². The summed E-state index contributed by atoms with van der Waals surface area (Å²) in [5.41, 5.74) is 0.634. The molecule has 1 aromatic rings. The third kappa shape index (κ3) is 13.8. The predicted octanol–water partition coefficient (Wildman–Crippen LogP) is 2.70. The molecule has 0 aromatic heterocycles. The lowest BCUT2D eigenvalue weighted by atomic mass is 9.95. The summed E-state index contributed by atoms with van der Waals surface area (Å²) in [5.74, 6) is -4.20. The molecule has 0 saturated carbocycles. The SMILES string of the molecule is CCC(C)C1NC(=O)C(CC(C)C)NC(=O)C(CC(C)C)NC(=O)C(CC(C)C)NC(=O)C(C(C)C)NC(=O)C(Cc2ccc(O)cc2)NC1=O. The Bertz CT molecular complexity index is 1350. The molecule has 7 unspecified atom stereocenters. The molecular weight excluding hydrogens is 652 g/mol. The van der Waals surface area contributed by atoms with E-state index in [1.807, 2.05) is 55.4 Å². The lowest BCUT2D eigenvalue weighted by molar-refractivity contribution is -0.137. The molecular formula is C38H62N6O7. The Kier molecular flexibility index (Phi) is 16.9. The first-order valence-electron chi connectivity index (χ1n) is 18.4. The van der Waals surface area contributed by atoms with E-state index >= 15 is 0 Å². The standard InChI is InChI=1S/C38H62N6O7/c1-11-24(10)32-38(51)42-30(19-25-12-14-26(45)15-13-25)36(49)43-31(23(8)9)37(50)41-28(17-21(4)5)34(47)39-27(16-20(2)3)33(46)40-29(18-22(6)7)35(48)44-32/h12-15,20-24,27-32,45H,11,16-19H2,1-10H3,(H,39,47)(H,40,46)(H,41,50)(H,42,51)(H,43,49)(H,44,48). The topological polar surface area (TPSA) is 195 Å². The number of carbonyl (C=O) groups excluding carboxylic acids is 6. The van der Waals surface area contributed by atoms with Gasteiger partial charge in [0.15, 0.2) is 0 Å². The minimum Gasteiger partial charge on any atom is -0.508 e. The van der Waals surface area contributed by atoms with Crippen LogP contribution in [0.1, 0.15) is 100 Å². The van der Waals surface area contributed by atoms with Crippen LogP contribution in [0.4, 0.5) is 0 Å². The first kappa shape index (κ1) is 43.0. The van der Waals surface area contributed by atoms with Gasteiger partial charge in [0.1, 0.15) is 42.0 Å². The highest BCUT2D eigenvalue weighted by atomic mass is 16.3. The number of hydrogen-bond donors (Lipinski definition) is 7. The smallest absolute Gasteiger partial charge is 0.243 e. The largest absolute Gasteiger partial charge is 0.508 e. The Morgan fingerprint density at radius 2 is 0.863 bits per heavy atom. The van der Waals surface area contributed by atoms with Crippen LogP contribution in [0.15, 0.2) is 24.3 Å². The normalized spacial score (nSPS) is 25.4. The van der Waals surface area contributed by atoms with Crippen molar-refractivity contribution in [1.82, 2.24) is 31.9 Å². The van der Waals surface area contributed by atoms with Crippen molar-refractivity contribution in [3.63, 3.8) is 0 Å². The summed E-state index contributed by atoms with van der Waals surface area (Å²) < 4.78 is 0. The van der Waals surface area contributed by atoms with Gasteiger partial charge in [-0.3, -0.25) is 28.8 Å². The fraction of sp³-hybridized carbons (Fsp3) is 0.684. The van der Waals surface area contributed by atoms with Crippen LogP contribution in [0.2, 0.25) is 0 Å². The second-order valence-electron chi connectivity index (χ2n) is 15.6. The van der Waals surface area contributed by atoms with E-state index in [4.69, 9.17) is 0 Å². The zero-order valence-electron chi connectivity index (χ0n) is 32.1. The van der Waals surface area contributed by atoms with E-state index < -0.39 is 77.6 Å². The number of hydrogen-bond acceptors (Lipinski definition) is 7. The van der Waals surface area contributed by atoms with Crippen LogP contribution in [0.3, 0.4) is 0 Å². The van der Waals surface area contributed by atoms with E-state index in [2.05, 4.69) is 31.9 Å². The number of benzene rings is 1. The third-order valence-corrected chi connectivity index (χ3v) is 9.07. The van der Waals surface area contributed by atoms with Crippen LogP contribution >= 0.6 is 0 Å². The molecule has 2 rings (SSSR count). The second kappa shape index (κ2) is 20.0. The van der Waals surface area contributed by atoms with Crippen LogP contribution in [-0.4, -0.2) is 76.8 Å². The van der Waals surface area contributed by atoms with Crippen LogP contribution in [0, 0.1) is 29.6 Å². The first-order chi connectivity index (χ1) is 23.8. The van der Waals surface area contributed by atoms with Crippen LogP contribution in [-0.2, 0) is 35.2 Å². The van der Waals surface area contributed by atoms with Gasteiger partial charge in [-0.2, -0.15) is 0 Å². The Hall–Kier alpha value is -4.16. The van der Waals surface area contributed by atoms with Crippen molar-refractivity contribution in [3.8, 4) is 5.75 Å². The zero-order valence-corrected chi connectivity index (χ0v) is 32.1. The van der Waals surface area contributed by atoms with Crippen molar-refractivity contribution in [2.45, 2.75) is 138 Å². The van der Waals surface area contributed by atoms with E-state index in [1.54, 1.807) is 26.0 Å². The summed E-state index contributed by atoms with van der Waals surface area (Å²) in [6.07, 6.45) is 1.35. The lowest BCUT2D eigenvalue weighted by Gasteiger charge is -2.32. The monoisotopic (exact) mass is 714 g/mol. The quantitative estimate of drug-likeness (QED) is 0.183. The van der Waals surface area contributed by atoms with Crippen LogP contribution in [0.25, 0.3) is 0 Å². The fourth-order valence-corrected chi connectivity index (χ4v) is 6.00. The number of amides is 6. The minimum atomic E-state index is -1.17. The summed E-state index contributed by atoms with van der Waals surface area (Å²) >= 11 is 0. The lowest BCUT2D eigenvalue weighted by Crippen LogP contribution is -2.63. The van der Waals surface area contributed by atoms with Gasteiger partial charge in [0, 0.05) is 6.42 Å². The molecule has 0 bridgehead atoms. The summed E-state index contributed by atoms with van der Waals surface area (Å²) in [6, 6.07) is -0.147. The van der Waals surface area contributed by atoms with Gasteiger partial charge in [0.2, 0.25) is 35.4 Å². The van der Waals surface area contributed by atoms with E-state index in [-0.39, 0.29) is 55.1 Å². The third-order valence-electron chi connectivity index (χ3n) is 9.07. The van der Waals surface area contributed by atoms with Gasteiger partial charge < -0.3 is 37.0 Å². The van der Waals surface area contributed by atoms with Crippen molar-refractivity contribution >= 4 is 35.4 Å². The molecule has 13 heteroatoms. The summed E-state index contributed by atoms with van der Waals surface area (Å²) in [5, 5.41) is 26.8. The average molecular weight is 715 g/mol. The number of phenolic OH excluding ortho intramolecular Hbond substituents is 1. The summed E-state index contributed by atoms with van der Waals surface area (Å²) in [6.45, 7) is 18.7. The van der Waals surface area contributed by atoms with Gasteiger partial charge in [-0.25, -0.2) is 0 Å². The number of rotatable bonds is 11. The maximum Gasteiger partial charge on any atom is 0.243 e. The number of carbonyl (C=O) groups is 6. The van der Waals surface area contributed by atoms with Crippen molar-refractivity contribution in [3.05, 3.63) is 29.8 Å². The molecule has 1 heterocycles. The Morgan fingerprint density at radius 1 is 0.510 bits per heavy atom. The summed E-state index contributed by atoms with van der Waals surface area (Å²) in [4.78, 5) is 83.4. The predicted molar refractivity (Wildman–Crippen MR) is 196 cm³/mol. The number of phenols is 1. The first-order valence-corrected chi connectivity index (χ1v) is 18.4. The number of nitrogens with one attached hydrogen (secondary N) is 6. The van der Waals surface area contributed by atoms with E-state index in [0.29, 0.717) is 12.0 Å². The highest BCUT2D eigenvalue weighted by molar-refractivity contribution is 5.98. The van der Waals surface area contributed by atoms with Gasteiger partial charge >= 0.3 is 0 Å². The van der Waals surface area contributed by atoms with Gasteiger partial charge in [0.05, 0.1) is 0 Å². The Balaban J connectivity index is 2.70. The van der Waals surface area contributed by atoms with Gasteiger partial charge in [0.25, 0.3) is 0 Å². The molecule has 7 N–H and O–H groups in total. The molecule has 1 aliphatic heterocycles. The molecule has 286 valence electrons. The highest BCUT2D eigenvalue weighted by Crippen LogP contribution is 2.16. The van der Waals surface area contributed by atoms with Crippen molar-refractivity contribution < 1.29 is 33.9 Å². The van der Waals surface area contributed by atoms with Gasteiger partial charge in [-0.05, 0) is 66.5 Å². The molecule has 1 aliphatic rings. The maximum atomic E-state index is 14.0. The average Bonchev–Trinajstić information content (AvgIpc) is 3.03. The number of aromatic hydroxyl groups is 1. The van der Waals surface area contributed by atoms with E-state index in [1.165, 1.54) is 12.1 Å². The van der Waals surface area contributed by atoms with E-state index in [9.17, 15) is 33.9 Å². The molecule has 1 saturated heterocycles. The van der Waals surface area contributed by atoms with Gasteiger partial charge in [-0.15, -0.1) is 0 Å². The fourth-order valence-electron chi connectivity index (χ4n) is 6.00. The van der Waals surface area contributed by atoms with Crippen molar-refractivity contribution in [1.29, 1.82) is 0 Å². The molecule has 0 aliphatic carbocycles. The van der Waals surface area contributed by atoms with Crippen LogP contribution in [0.5, 0.6) is 5.75 Å². The molecule has 1 aromatic carbocycles. The maximum absolute atomic E-state index is 14.0. The molecule has 0 radical (unpaired) electrons. The molecule has 13 nitrogen and oxygen atoms in total. The Labute approximate surface area is 303 Å². The molecule has 7 atom stereocenters. The Morgan fingerprint density at radius 3 is 1.27 bits per heavy atom. The van der Waals surface area contributed by atoms with Crippen molar-refractivity contribution in [2.24, 2.45) is 29.6 Å². The highest BCUT2D eigenvalue weighted by Gasteiger charge is 2.37. The molecule has 51 heavy (non-hydrogen) atoms. The van der Waals surface area contributed by atoms with Crippen molar-refractivity contribution in [2.75, 3.05) is 0 Å². The van der Waals surface area contributed by atoms with Gasteiger partial charge in [-0.1, -0.05) is 87.8 Å². The summed E-state index contributed by atoms with van der Waals surface area (Å²) in [7, 11) is 0.